The van der Waals surface area contributed by atoms with E-state index >= 15 is 0 Å². The highest BCUT2D eigenvalue weighted by Crippen LogP contribution is 2.32. The predicted molar refractivity (Wildman–Crippen MR) is 80.2 cm³/mol. The molecule has 1 saturated heterocycles. The molecular formula is C15H21NO3S. The van der Waals surface area contributed by atoms with Gasteiger partial charge >= 0.3 is 0 Å². The van der Waals surface area contributed by atoms with E-state index in [-0.39, 0.29) is 6.61 Å². The first-order valence-electron chi connectivity index (χ1n) is 7.22. The lowest BCUT2D eigenvalue weighted by Gasteiger charge is -2.32. The van der Waals surface area contributed by atoms with Crippen LogP contribution in [0.15, 0.2) is 18.2 Å². The fraction of sp³-hybridized carbons (Fsp3) is 0.600. The van der Waals surface area contributed by atoms with Crippen LogP contribution in [-0.4, -0.2) is 32.1 Å². The summed E-state index contributed by atoms with van der Waals surface area (Å²) < 4.78 is 29.5. The van der Waals surface area contributed by atoms with Crippen molar-refractivity contribution in [1.82, 2.24) is 0 Å². The van der Waals surface area contributed by atoms with Gasteiger partial charge in [-0.15, -0.1) is 0 Å². The van der Waals surface area contributed by atoms with E-state index in [0.717, 1.165) is 37.2 Å². The van der Waals surface area contributed by atoms with Crippen LogP contribution in [0.25, 0.3) is 0 Å². The van der Waals surface area contributed by atoms with Crippen molar-refractivity contribution in [3.8, 4) is 5.75 Å². The quantitative estimate of drug-likeness (QED) is 0.930. The predicted octanol–water partition coefficient (Wildman–Crippen LogP) is 2.39. The zero-order valence-corrected chi connectivity index (χ0v) is 12.6. The third kappa shape index (κ3) is 2.39. The summed E-state index contributed by atoms with van der Waals surface area (Å²) >= 11 is 0. The van der Waals surface area contributed by atoms with Gasteiger partial charge in [-0.25, -0.2) is 8.42 Å². The summed E-state index contributed by atoms with van der Waals surface area (Å²) in [4.78, 5) is 0. The van der Waals surface area contributed by atoms with E-state index in [9.17, 15) is 8.42 Å². The van der Waals surface area contributed by atoms with Gasteiger partial charge < -0.3 is 10.1 Å². The second-order valence-corrected chi connectivity index (χ2v) is 8.63. The van der Waals surface area contributed by atoms with E-state index in [2.05, 4.69) is 11.4 Å². The molecule has 1 atom stereocenters. The standard InChI is InChI=1S/C15H21NO3S/c1-15(7-2-3-9-20(15,17)18)11-19-13-5-4-12-6-8-16-14(12)10-13/h4-5,10,16H,2-3,6-9,11H2,1H3. The minimum Gasteiger partial charge on any atom is -0.492 e. The lowest BCUT2D eigenvalue weighted by Crippen LogP contribution is -2.45. The van der Waals surface area contributed by atoms with Crippen LogP contribution in [0, 0.1) is 0 Å². The van der Waals surface area contributed by atoms with Gasteiger partial charge in [0.1, 0.15) is 17.1 Å². The van der Waals surface area contributed by atoms with Crippen LogP contribution in [0.2, 0.25) is 0 Å². The summed E-state index contributed by atoms with van der Waals surface area (Å²) in [6.07, 6.45) is 3.48. The number of ether oxygens (including phenoxy) is 1. The Kier molecular flexibility index (Phi) is 3.40. The second-order valence-electron chi connectivity index (χ2n) is 6.01. The van der Waals surface area contributed by atoms with Crippen molar-refractivity contribution < 1.29 is 13.2 Å². The third-order valence-corrected chi connectivity index (χ3v) is 7.10. The Balaban J connectivity index is 1.73. The molecular weight excluding hydrogens is 274 g/mol. The van der Waals surface area contributed by atoms with Gasteiger partial charge in [-0.05, 0) is 37.8 Å². The molecule has 0 aliphatic carbocycles. The van der Waals surface area contributed by atoms with E-state index in [4.69, 9.17) is 4.74 Å². The first-order chi connectivity index (χ1) is 9.50. The zero-order chi connectivity index (χ0) is 14.2. The van der Waals surface area contributed by atoms with Crippen LogP contribution in [-0.2, 0) is 16.3 Å². The summed E-state index contributed by atoms with van der Waals surface area (Å²) in [6, 6.07) is 5.97. The summed E-state index contributed by atoms with van der Waals surface area (Å²) in [6.45, 7) is 3.02. The number of rotatable bonds is 3. The molecule has 1 unspecified atom stereocenters. The minimum atomic E-state index is -3.05. The van der Waals surface area contributed by atoms with Gasteiger partial charge in [0.15, 0.2) is 9.84 Å². The topological polar surface area (TPSA) is 55.4 Å². The maximum absolute atomic E-state index is 12.2. The number of hydrogen-bond acceptors (Lipinski definition) is 4. The Bertz CT molecular complexity index is 612. The van der Waals surface area contributed by atoms with Gasteiger partial charge in [-0.1, -0.05) is 12.5 Å². The van der Waals surface area contributed by atoms with Crippen molar-refractivity contribution in [3.63, 3.8) is 0 Å². The molecule has 0 saturated carbocycles. The number of benzene rings is 1. The molecule has 2 aliphatic heterocycles. The average molecular weight is 295 g/mol. The lowest BCUT2D eigenvalue weighted by molar-refractivity contribution is 0.257. The number of sulfone groups is 1. The van der Waals surface area contributed by atoms with Gasteiger partial charge in [0.25, 0.3) is 0 Å². The van der Waals surface area contributed by atoms with Gasteiger partial charge in [0.05, 0.1) is 5.75 Å². The van der Waals surface area contributed by atoms with Crippen LogP contribution in [0.1, 0.15) is 31.7 Å². The normalized spacial score (nSPS) is 27.6. The molecule has 1 fully saturated rings. The molecule has 0 aromatic heterocycles. The Morgan fingerprint density at radius 2 is 2.20 bits per heavy atom. The molecule has 1 N–H and O–H groups in total. The monoisotopic (exact) mass is 295 g/mol. The van der Waals surface area contributed by atoms with Crippen LogP contribution < -0.4 is 10.1 Å². The summed E-state index contributed by atoms with van der Waals surface area (Å²) in [5.74, 6) is 1.04. The van der Waals surface area contributed by atoms with Gasteiger partial charge in [0.2, 0.25) is 0 Å². The molecule has 0 radical (unpaired) electrons. The van der Waals surface area contributed by atoms with E-state index in [0.29, 0.717) is 12.2 Å². The average Bonchev–Trinajstić information content (AvgIpc) is 2.87. The first-order valence-corrected chi connectivity index (χ1v) is 8.87. The zero-order valence-electron chi connectivity index (χ0n) is 11.8. The van der Waals surface area contributed by atoms with Crippen molar-refractivity contribution in [2.45, 2.75) is 37.4 Å². The summed E-state index contributed by atoms with van der Waals surface area (Å²) in [5, 5.41) is 3.31. The molecule has 4 nitrogen and oxygen atoms in total. The van der Waals surface area contributed by atoms with Crippen molar-refractivity contribution in [2.24, 2.45) is 0 Å². The summed E-state index contributed by atoms with van der Waals surface area (Å²) in [5.41, 5.74) is 2.41. The molecule has 1 aromatic carbocycles. The molecule has 0 bridgehead atoms. The van der Waals surface area contributed by atoms with Crippen molar-refractivity contribution >= 4 is 15.5 Å². The van der Waals surface area contributed by atoms with Gasteiger partial charge in [0, 0.05) is 18.3 Å². The van der Waals surface area contributed by atoms with Crippen LogP contribution in [0.5, 0.6) is 5.75 Å². The van der Waals surface area contributed by atoms with E-state index in [1.54, 1.807) is 0 Å². The van der Waals surface area contributed by atoms with E-state index in [1.165, 1.54) is 5.56 Å². The molecule has 110 valence electrons. The molecule has 2 aliphatic rings. The van der Waals surface area contributed by atoms with Crippen LogP contribution >= 0.6 is 0 Å². The Morgan fingerprint density at radius 1 is 1.35 bits per heavy atom. The lowest BCUT2D eigenvalue weighted by atomic mass is 10.0. The van der Waals surface area contributed by atoms with E-state index < -0.39 is 14.6 Å². The Labute approximate surface area is 120 Å². The van der Waals surface area contributed by atoms with Crippen molar-refractivity contribution in [1.29, 1.82) is 0 Å². The fourth-order valence-electron chi connectivity index (χ4n) is 2.95. The first kappa shape index (κ1) is 13.7. The number of hydrogen-bond donors (Lipinski definition) is 1. The Hall–Kier alpha value is -1.23. The number of fused-ring (bicyclic) bond motifs is 1. The molecule has 20 heavy (non-hydrogen) atoms. The van der Waals surface area contributed by atoms with Crippen molar-refractivity contribution in [2.75, 3.05) is 24.2 Å². The molecule has 0 amide bonds. The Morgan fingerprint density at radius 3 is 3.00 bits per heavy atom. The van der Waals surface area contributed by atoms with Crippen LogP contribution in [0.3, 0.4) is 0 Å². The molecule has 3 rings (SSSR count). The maximum atomic E-state index is 12.2. The molecule has 0 spiro atoms. The highest BCUT2D eigenvalue weighted by Gasteiger charge is 2.41. The minimum absolute atomic E-state index is 0.244. The summed E-state index contributed by atoms with van der Waals surface area (Å²) in [7, 11) is -3.05. The highest BCUT2D eigenvalue weighted by molar-refractivity contribution is 7.92. The molecule has 2 heterocycles. The number of anilines is 1. The van der Waals surface area contributed by atoms with Gasteiger partial charge in [-0.3, -0.25) is 0 Å². The second kappa shape index (κ2) is 4.95. The van der Waals surface area contributed by atoms with Gasteiger partial charge in [-0.2, -0.15) is 0 Å². The largest absolute Gasteiger partial charge is 0.492 e. The molecule has 5 heteroatoms. The SMILES string of the molecule is CC1(COc2ccc3c(c2)NCC3)CCCCS1(=O)=O. The third-order valence-electron chi connectivity index (χ3n) is 4.45. The maximum Gasteiger partial charge on any atom is 0.159 e. The number of nitrogens with one attached hydrogen (secondary N) is 1. The van der Waals surface area contributed by atoms with E-state index in [1.807, 2.05) is 19.1 Å². The van der Waals surface area contributed by atoms with Crippen LogP contribution in [0.4, 0.5) is 5.69 Å². The fourth-order valence-corrected chi connectivity index (χ4v) is 4.72. The molecule has 1 aromatic rings. The highest BCUT2D eigenvalue weighted by atomic mass is 32.2. The van der Waals surface area contributed by atoms with Crippen molar-refractivity contribution in [3.05, 3.63) is 23.8 Å². The smallest absolute Gasteiger partial charge is 0.159 e.